The van der Waals surface area contributed by atoms with Gasteiger partial charge in [0.25, 0.3) is 5.91 Å². The van der Waals surface area contributed by atoms with Gasteiger partial charge in [-0.05, 0) is 55.5 Å². The van der Waals surface area contributed by atoms with E-state index in [1.807, 2.05) is 28.8 Å². The van der Waals surface area contributed by atoms with Crippen molar-refractivity contribution in [3.8, 4) is 5.69 Å². The highest BCUT2D eigenvalue weighted by atomic mass is 16.1. The molecule has 3 N–H and O–H groups in total. The first-order valence-corrected chi connectivity index (χ1v) is 12.1. The molecular weight excluding hydrogens is 410 g/mol. The van der Waals surface area contributed by atoms with Gasteiger partial charge in [-0.15, -0.1) is 0 Å². The third-order valence-corrected chi connectivity index (χ3v) is 6.68. The lowest BCUT2D eigenvalue weighted by atomic mass is 9.95. The van der Waals surface area contributed by atoms with E-state index in [2.05, 4.69) is 36.5 Å². The van der Waals surface area contributed by atoms with Crippen LogP contribution in [0.25, 0.3) is 27.9 Å². The van der Waals surface area contributed by atoms with Crippen LogP contribution >= 0.6 is 0 Å². The average molecular weight is 442 g/mol. The normalized spacial score (nSPS) is 14.7. The second-order valence-electron chi connectivity index (χ2n) is 9.06. The van der Waals surface area contributed by atoms with E-state index in [0.717, 1.165) is 55.2 Å². The minimum Gasteiger partial charge on any atom is -0.384 e. The van der Waals surface area contributed by atoms with E-state index in [4.69, 9.17) is 15.7 Å². The number of hydrogen-bond donors (Lipinski definition) is 2. The van der Waals surface area contributed by atoms with Gasteiger partial charge in [-0.3, -0.25) is 9.36 Å². The van der Waals surface area contributed by atoms with Crippen LogP contribution in [-0.4, -0.2) is 26.5 Å². The molecule has 0 unspecified atom stereocenters. The lowest BCUT2D eigenvalue weighted by Gasteiger charge is -2.22. The maximum atomic E-state index is 13.4. The zero-order valence-electron chi connectivity index (χ0n) is 19.2. The van der Waals surface area contributed by atoms with Crippen LogP contribution in [0.2, 0.25) is 0 Å². The Hall–Kier alpha value is -3.41. The molecule has 2 heterocycles. The summed E-state index contributed by atoms with van der Waals surface area (Å²) in [4.78, 5) is 23.1. The third-order valence-electron chi connectivity index (χ3n) is 6.68. The molecule has 0 radical (unpaired) electrons. The standard InChI is InChI=1S/C27H31N5O/c1-2-3-9-18-14-16-20(17-15-18)32-25(28)23(27(33)29-19-10-5-4-6-11-19)24-26(32)31-22-13-8-7-12-21(22)30-24/h7-8,12-17,19H,2-6,9-11,28H2,1H3,(H,29,33). The van der Waals surface area contributed by atoms with E-state index in [1.54, 1.807) is 0 Å². The molecule has 6 heteroatoms. The Morgan fingerprint density at radius 3 is 2.42 bits per heavy atom. The summed E-state index contributed by atoms with van der Waals surface area (Å²) in [5.41, 5.74) is 12.0. The van der Waals surface area contributed by atoms with E-state index in [9.17, 15) is 4.79 Å². The summed E-state index contributed by atoms with van der Waals surface area (Å²) in [5.74, 6) is 0.224. The van der Waals surface area contributed by atoms with Crippen LogP contribution in [0.5, 0.6) is 0 Å². The number of para-hydroxylation sites is 2. The van der Waals surface area contributed by atoms with Gasteiger partial charge in [0.05, 0.1) is 11.0 Å². The van der Waals surface area contributed by atoms with Crippen molar-refractivity contribution in [3.05, 3.63) is 59.7 Å². The lowest BCUT2D eigenvalue weighted by Crippen LogP contribution is -2.36. The van der Waals surface area contributed by atoms with Gasteiger partial charge in [-0.1, -0.05) is 56.9 Å². The van der Waals surface area contributed by atoms with Crippen molar-refractivity contribution in [1.82, 2.24) is 19.9 Å². The molecule has 2 aromatic carbocycles. The monoisotopic (exact) mass is 441 g/mol. The number of rotatable bonds is 6. The number of anilines is 1. The number of carbonyl (C=O) groups is 1. The molecule has 1 fully saturated rings. The van der Waals surface area contributed by atoms with E-state index < -0.39 is 0 Å². The van der Waals surface area contributed by atoms with Crippen LogP contribution in [0.15, 0.2) is 48.5 Å². The van der Waals surface area contributed by atoms with Gasteiger partial charge >= 0.3 is 0 Å². The van der Waals surface area contributed by atoms with Gasteiger partial charge in [0.2, 0.25) is 0 Å². The summed E-state index contributed by atoms with van der Waals surface area (Å²) in [6, 6.07) is 16.3. The zero-order valence-corrected chi connectivity index (χ0v) is 19.2. The van der Waals surface area contributed by atoms with E-state index in [0.29, 0.717) is 22.5 Å². The van der Waals surface area contributed by atoms with E-state index >= 15 is 0 Å². The van der Waals surface area contributed by atoms with E-state index in [-0.39, 0.29) is 11.9 Å². The number of hydrogen-bond acceptors (Lipinski definition) is 4. The summed E-state index contributed by atoms with van der Waals surface area (Å²) in [5, 5.41) is 3.21. The van der Waals surface area contributed by atoms with Crippen LogP contribution in [0.3, 0.4) is 0 Å². The summed E-state index contributed by atoms with van der Waals surface area (Å²) < 4.78 is 1.87. The van der Waals surface area contributed by atoms with Crippen LogP contribution in [-0.2, 0) is 6.42 Å². The highest BCUT2D eigenvalue weighted by molar-refractivity contribution is 6.11. The predicted octanol–water partition coefficient (Wildman–Crippen LogP) is 5.56. The number of aromatic nitrogens is 3. The molecule has 0 bridgehead atoms. The van der Waals surface area contributed by atoms with Gasteiger partial charge in [0.1, 0.15) is 16.9 Å². The number of benzene rings is 2. The Bertz CT molecular complexity index is 1290. The smallest absolute Gasteiger partial charge is 0.257 e. The molecule has 0 aliphatic heterocycles. The minimum atomic E-state index is -0.160. The van der Waals surface area contributed by atoms with E-state index in [1.165, 1.54) is 18.4 Å². The third kappa shape index (κ3) is 4.17. The highest BCUT2D eigenvalue weighted by Gasteiger charge is 2.26. The molecule has 5 rings (SSSR count). The molecule has 1 saturated carbocycles. The number of unbranched alkanes of at least 4 members (excludes halogenated alkanes) is 1. The maximum Gasteiger partial charge on any atom is 0.257 e. The number of nitrogen functional groups attached to an aromatic ring is 1. The van der Waals surface area contributed by atoms with Crippen molar-refractivity contribution in [3.63, 3.8) is 0 Å². The van der Waals surface area contributed by atoms with Crippen molar-refractivity contribution < 1.29 is 4.79 Å². The first kappa shape index (κ1) is 21.4. The zero-order chi connectivity index (χ0) is 22.8. The fourth-order valence-electron chi connectivity index (χ4n) is 4.84. The maximum absolute atomic E-state index is 13.4. The summed E-state index contributed by atoms with van der Waals surface area (Å²) in [6.45, 7) is 2.20. The Morgan fingerprint density at radius 1 is 1.03 bits per heavy atom. The van der Waals surface area contributed by atoms with Crippen molar-refractivity contribution in [2.24, 2.45) is 0 Å². The highest BCUT2D eigenvalue weighted by Crippen LogP contribution is 2.31. The summed E-state index contributed by atoms with van der Waals surface area (Å²) in [6.07, 6.45) is 8.94. The molecule has 1 aliphatic carbocycles. The van der Waals surface area contributed by atoms with Crippen molar-refractivity contribution >= 4 is 33.9 Å². The molecule has 4 aromatic rings. The van der Waals surface area contributed by atoms with Crippen LogP contribution < -0.4 is 11.1 Å². The SMILES string of the molecule is CCCCc1ccc(-n2c(N)c(C(=O)NC3CCCCC3)c3nc4ccccc4nc32)cc1. The second kappa shape index (κ2) is 9.22. The molecule has 2 aromatic heterocycles. The number of nitrogens with zero attached hydrogens (tertiary/aromatic N) is 3. The Morgan fingerprint density at radius 2 is 1.73 bits per heavy atom. The lowest BCUT2D eigenvalue weighted by molar-refractivity contribution is 0.0930. The number of nitrogens with one attached hydrogen (secondary N) is 1. The Balaban J connectivity index is 1.62. The largest absolute Gasteiger partial charge is 0.384 e. The number of fused-ring (bicyclic) bond motifs is 2. The molecule has 1 amide bonds. The number of aryl methyl sites for hydroxylation is 1. The van der Waals surface area contributed by atoms with Crippen molar-refractivity contribution in [2.75, 3.05) is 5.73 Å². The minimum absolute atomic E-state index is 0.160. The topological polar surface area (TPSA) is 85.8 Å². The van der Waals surface area contributed by atoms with Crippen molar-refractivity contribution in [1.29, 1.82) is 0 Å². The summed E-state index contributed by atoms with van der Waals surface area (Å²) >= 11 is 0. The van der Waals surface area contributed by atoms with Crippen LogP contribution in [0.1, 0.15) is 67.8 Å². The number of nitrogens with two attached hydrogens (primary N) is 1. The van der Waals surface area contributed by atoms with Gasteiger partial charge in [0.15, 0.2) is 5.65 Å². The molecule has 0 spiro atoms. The average Bonchev–Trinajstić information content (AvgIpc) is 3.13. The van der Waals surface area contributed by atoms with Crippen molar-refractivity contribution in [2.45, 2.75) is 64.3 Å². The first-order valence-electron chi connectivity index (χ1n) is 12.1. The first-order chi connectivity index (χ1) is 16.2. The molecule has 170 valence electrons. The number of carbonyl (C=O) groups excluding carboxylic acids is 1. The molecule has 6 nitrogen and oxygen atoms in total. The molecule has 0 atom stereocenters. The predicted molar refractivity (Wildman–Crippen MR) is 134 cm³/mol. The number of amides is 1. The molecular formula is C27H31N5O. The summed E-state index contributed by atoms with van der Waals surface area (Å²) in [7, 11) is 0. The fraction of sp³-hybridized carbons (Fsp3) is 0.370. The quantitative estimate of drug-likeness (QED) is 0.410. The molecule has 33 heavy (non-hydrogen) atoms. The second-order valence-corrected chi connectivity index (χ2v) is 9.06. The molecule has 1 aliphatic rings. The van der Waals surface area contributed by atoms with Crippen LogP contribution in [0, 0.1) is 0 Å². The van der Waals surface area contributed by atoms with Crippen LogP contribution in [0.4, 0.5) is 5.82 Å². The van der Waals surface area contributed by atoms with Gasteiger partial charge < -0.3 is 11.1 Å². The van der Waals surface area contributed by atoms with Gasteiger partial charge in [0, 0.05) is 11.7 Å². The fourth-order valence-corrected chi connectivity index (χ4v) is 4.84. The molecule has 0 saturated heterocycles. The van der Waals surface area contributed by atoms with Gasteiger partial charge in [-0.2, -0.15) is 0 Å². The van der Waals surface area contributed by atoms with Gasteiger partial charge in [-0.25, -0.2) is 9.97 Å². The Kier molecular flexibility index (Phi) is 5.99. The Labute approximate surface area is 194 Å².